The van der Waals surface area contributed by atoms with Crippen LogP contribution in [0.3, 0.4) is 0 Å². The molecular weight excluding hydrogens is 543 g/mol. The summed E-state index contributed by atoms with van der Waals surface area (Å²) < 4.78 is 27.0. The van der Waals surface area contributed by atoms with Crippen LogP contribution in [0, 0.1) is 17.8 Å². The van der Waals surface area contributed by atoms with Gasteiger partial charge in [0.2, 0.25) is 15.9 Å². The molecule has 3 saturated carbocycles. The summed E-state index contributed by atoms with van der Waals surface area (Å²) >= 11 is 6.34. The zero-order valence-corrected chi connectivity index (χ0v) is 22.4. The normalized spacial score (nSPS) is 30.3. The first kappa shape index (κ1) is 26.5. The Hall–Kier alpha value is -2.08. The van der Waals surface area contributed by atoms with Crippen molar-refractivity contribution in [1.29, 1.82) is 0 Å². The molecule has 37 heavy (non-hydrogen) atoms. The van der Waals surface area contributed by atoms with Crippen LogP contribution in [0.4, 0.5) is 9.59 Å². The molecule has 10 nitrogen and oxygen atoms in total. The van der Waals surface area contributed by atoms with Gasteiger partial charge in [-0.25, -0.2) is 22.7 Å². The van der Waals surface area contributed by atoms with Crippen LogP contribution in [0.25, 0.3) is 0 Å². The van der Waals surface area contributed by atoms with Gasteiger partial charge in [0, 0.05) is 17.6 Å². The number of sulfonamides is 1. The number of carboxylic acid groups (broad SMARTS) is 1. The fraction of sp³-hybridized carbons (Fsp3) is 0.625. The van der Waals surface area contributed by atoms with Crippen LogP contribution in [0.1, 0.15) is 55.7 Å². The van der Waals surface area contributed by atoms with Crippen LogP contribution < -0.4 is 10.0 Å². The fourth-order valence-corrected chi connectivity index (χ4v) is 7.59. The Bertz CT molecular complexity index is 1240. The number of rotatable bonds is 6. The molecule has 0 aromatic heterocycles. The Morgan fingerprint density at radius 2 is 1.84 bits per heavy atom. The lowest BCUT2D eigenvalue weighted by molar-refractivity contribution is -0.130. The van der Waals surface area contributed by atoms with Gasteiger partial charge >= 0.3 is 12.1 Å². The summed E-state index contributed by atoms with van der Waals surface area (Å²) in [4.78, 5) is 41.3. The minimum absolute atomic E-state index is 0. The Balaban J connectivity index is 0.00000280. The van der Waals surface area contributed by atoms with Crippen LogP contribution in [0.5, 0.6) is 0 Å². The molecule has 3 unspecified atom stereocenters. The summed E-state index contributed by atoms with van der Waals surface area (Å²) in [7, 11) is -3.79. The van der Waals surface area contributed by atoms with E-state index in [0.29, 0.717) is 43.2 Å². The lowest BCUT2D eigenvalue weighted by Gasteiger charge is -2.28. The molecule has 2 aliphatic heterocycles. The van der Waals surface area contributed by atoms with Crippen LogP contribution in [-0.4, -0.2) is 65.2 Å². The van der Waals surface area contributed by atoms with E-state index in [0.717, 1.165) is 28.9 Å². The number of imide groups is 1. The molecular formula is C24H30Cl2N4O6S. The van der Waals surface area contributed by atoms with E-state index < -0.39 is 45.4 Å². The molecule has 0 spiro atoms. The van der Waals surface area contributed by atoms with Crippen LogP contribution in [0.15, 0.2) is 18.2 Å². The van der Waals surface area contributed by atoms with Gasteiger partial charge < -0.3 is 10.4 Å². The minimum atomic E-state index is -3.79. The van der Waals surface area contributed by atoms with Crippen LogP contribution in [0.2, 0.25) is 5.02 Å². The van der Waals surface area contributed by atoms with Crippen molar-refractivity contribution >= 4 is 52.1 Å². The molecule has 3 N–H and O–H groups in total. The Kier molecular flexibility index (Phi) is 6.87. The number of benzene rings is 1. The lowest BCUT2D eigenvalue weighted by atomic mass is 9.90. The van der Waals surface area contributed by atoms with Crippen molar-refractivity contribution in [2.75, 3.05) is 6.54 Å². The molecule has 4 fully saturated rings. The van der Waals surface area contributed by atoms with Crippen molar-refractivity contribution in [2.45, 2.75) is 68.4 Å². The van der Waals surface area contributed by atoms with Crippen molar-refractivity contribution in [3.8, 4) is 0 Å². The highest BCUT2D eigenvalue weighted by atomic mass is 35.5. The van der Waals surface area contributed by atoms with E-state index in [9.17, 15) is 27.9 Å². The number of nitrogens with one attached hydrogen (secondary N) is 2. The SMILES string of the molecule is Cl.O=C(O)N1Cc2c(Cl)cccc2C1[C@H]1CN[C@H](C(=O)N(C(=O)NS(=O)(=O)C2CC2)C2CC2C2CC2)C1. The third-order valence-electron chi connectivity index (χ3n) is 8.31. The Labute approximate surface area is 226 Å². The molecule has 6 rings (SSSR count). The highest BCUT2D eigenvalue weighted by Crippen LogP contribution is 2.53. The standard InChI is InChI=1S/C24H29ClN4O6S.ClH/c25-18-3-1-2-15-17(18)11-28(24(32)33)21(15)13-8-19(26-10-13)22(30)29(20-9-16(20)12-4-5-12)23(31)27-36(34,35)14-6-7-14;/h1-3,12-14,16,19-21,26H,4-11H2,(H,27,31)(H,32,33);1H/t13-,16?,19+,20?,21?;/m1./s1. The van der Waals surface area contributed by atoms with E-state index in [2.05, 4.69) is 10.0 Å². The molecule has 13 heteroatoms. The van der Waals surface area contributed by atoms with Crippen molar-refractivity contribution in [1.82, 2.24) is 19.8 Å². The molecule has 0 radical (unpaired) electrons. The maximum absolute atomic E-state index is 13.7. The van der Waals surface area contributed by atoms with Gasteiger partial charge in [0.25, 0.3) is 0 Å². The number of hydrogen-bond donors (Lipinski definition) is 3. The van der Waals surface area contributed by atoms with E-state index in [1.54, 1.807) is 12.1 Å². The Morgan fingerprint density at radius 3 is 2.49 bits per heavy atom. The van der Waals surface area contributed by atoms with Crippen molar-refractivity contribution < 1.29 is 27.9 Å². The van der Waals surface area contributed by atoms with Crippen molar-refractivity contribution in [3.63, 3.8) is 0 Å². The van der Waals surface area contributed by atoms with Gasteiger partial charge in [-0.15, -0.1) is 12.4 Å². The molecule has 5 atom stereocenters. The molecule has 1 aromatic carbocycles. The summed E-state index contributed by atoms with van der Waals surface area (Å²) in [5, 5.41) is 13.0. The zero-order chi connectivity index (χ0) is 25.4. The molecule has 4 amide bonds. The number of carbonyl (C=O) groups is 3. The van der Waals surface area contributed by atoms with Gasteiger partial charge in [-0.3, -0.25) is 14.6 Å². The van der Waals surface area contributed by atoms with Gasteiger partial charge in [-0.1, -0.05) is 23.7 Å². The molecule has 5 aliphatic rings. The fourth-order valence-electron chi connectivity index (χ4n) is 6.09. The van der Waals surface area contributed by atoms with Crippen LogP contribution in [-0.2, 0) is 21.4 Å². The number of halogens is 2. The molecule has 202 valence electrons. The van der Waals surface area contributed by atoms with E-state index in [-0.39, 0.29) is 36.8 Å². The summed E-state index contributed by atoms with van der Waals surface area (Å²) in [5.41, 5.74) is 1.61. The average Bonchev–Trinajstić information content (AvgIpc) is 3.69. The topological polar surface area (TPSA) is 136 Å². The third-order valence-corrected chi connectivity index (χ3v) is 10.5. The second-order valence-electron chi connectivity index (χ2n) is 10.8. The number of hydrogen-bond acceptors (Lipinski definition) is 6. The van der Waals surface area contributed by atoms with Gasteiger partial charge in [0.05, 0.1) is 23.9 Å². The predicted octanol–water partition coefficient (Wildman–Crippen LogP) is 3.10. The van der Waals surface area contributed by atoms with E-state index in [1.165, 1.54) is 4.90 Å². The molecule has 3 aliphatic carbocycles. The van der Waals surface area contributed by atoms with E-state index in [1.807, 2.05) is 6.07 Å². The van der Waals surface area contributed by atoms with Gasteiger partial charge in [-0.2, -0.15) is 0 Å². The number of urea groups is 1. The second-order valence-corrected chi connectivity index (χ2v) is 13.2. The third kappa shape index (κ3) is 4.91. The highest BCUT2D eigenvalue weighted by Gasteiger charge is 2.55. The van der Waals surface area contributed by atoms with Crippen LogP contribution >= 0.6 is 24.0 Å². The maximum atomic E-state index is 13.7. The summed E-state index contributed by atoms with van der Waals surface area (Å²) in [6.45, 7) is 0.576. The second kappa shape index (κ2) is 9.59. The van der Waals surface area contributed by atoms with E-state index in [4.69, 9.17) is 11.6 Å². The molecule has 0 bridgehead atoms. The molecule has 1 saturated heterocycles. The first-order chi connectivity index (χ1) is 17.2. The first-order valence-electron chi connectivity index (χ1n) is 12.5. The quantitative estimate of drug-likeness (QED) is 0.476. The predicted molar refractivity (Wildman–Crippen MR) is 137 cm³/mol. The van der Waals surface area contributed by atoms with Crippen molar-refractivity contribution in [3.05, 3.63) is 34.3 Å². The largest absolute Gasteiger partial charge is 0.465 e. The summed E-state index contributed by atoms with van der Waals surface area (Å²) in [6, 6.07) is 3.08. The van der Waals surface area contributed by atoms with Crippen molar-refractivity contribution in [2.24, 2.45) is 17.8 Å². The zero-order valence-electron chi connectivity index (χ0n) is 20.0. The monoisotopic (exact) mass is 572 g/mol. The number of carbonyl (C=O) groups excluding carboxylic acids is 2. The average molecular weight is 573 g/mol. The number of amides is 4. The van der Waals surface area contributed by atoms with Gasteiger partial charge in [-0.05, 0) is 73.5 Å². The first-order valence-corrected chi connectivity index (χ1v) is 14.5. The number of fused-ring (bicyclic) bond motifs is 1. The lowest BCUT2D eigenvalue weighted by Crippen LogP contribution is -2.53. The van der Waals surface area contributed by atoms with Gasteiger partial charge in [0.15, 0.2) is 0 Å². The summed E-state index contributed by atoms with van der Waals surface area (Å²) in [5.74, 6) is 0.0758. The minimum Gasteiger partial charge on any atom is -0.465 e. The molecule has 1 aromatic rings. The Morgan fingerprint density at radius 1 is 1.11 bits per heavy atom. The van der Waals surface area contributed by atoms with E-state index >= 15 is 0 Å². The highest BCUT2D eigenvalue weighted by molar-refractivity contribution is 7.90. The number of nitrogens with zero attached hydrogens (tertiary/aromatic N) is 2. The van der Waals surface area contributed by atoms with Gasteiger partial charge in [0.1, 0.15) is 0 Å². The maximum Gasteiger partial charge on any atom is 0.408 e. The summed E-state index contributed by atoms with van der Waals surface area (Å²) in [6.07, 6.45) is 3.16. The molecule has 2 heterocycles. The smallest absolute Gasteiger partial charge is 0.408 e.